The van der Waals surface area contributed by atoms with Crippen molar-refractivity contribution >= 4 is 11.7 Å². The molecule has 1 atom stereocenters. The third kappa shape index (κ3) is 3.88. The summed E-state index contributed by atoms with van der Waals surface area (Å²) in [6, 6.07) is 7.81. The number of amides is 1. The normalized spacial score (nSPS) is 16.8. The lowest BCUT2D eigenvalue weighted by molar-refractivity contribution is 0.0933. The van der Waals surface area contributed by atoms with Crippen molar-refractivity contribution in [3.05, 3.63) is 60.3 Å². The van der Waals surface area contributed by atoms with Crippen LogP contribution in [-0.4, -0.2) is 44.8 Å². The van der Waals surface area contributed by atoms with Crippen molar-refractivity contribution in [1.82, 2.24) is 25.1 Å². The quantitative estimate of drug-likeness (QED) is 0.757. The van der Waals surface area contributed by atoms with E-state index in [4.69, 9.17) is 0 Å². The van der Waals surface area contributed by atoms with E-state index in [9.17, 15) is 4.79 Å². The first-order valence-corrected chi connectivity index (χ1v) is 9.52. The van der Waals surface area contributed by atoms with Crippen LogP contribution in [-0.2, 0) is 7.05 Å². The Labute approximate surface area is 164 Å². The molecule has 0 bridgehead atoms. The Balaban J connectivity index is 1.46. The minimum absolute atomic E-state index is 0.0469. The predicted molar refractivity (Wildman–Crippen MR) is 108 cm³/mol. The minimum atomic E-state index is -0.0469. The third-order valence-electron chi connectivity index (χ3n) is 5.08. The van der Waals surface area contributed by atoms with Gasteiger partial charge in [0.05, 0.1) is 11.9 Å². The van der Waals surface area contributed by atoms with Gasteiger partial charge in [0.2, 0.25) is 0 Å². The van der Waals surface area contributed by atoms with Gasteiger partial charge >= 0.3 is 0 Å². The molecule has 1 N–H and O–H groups in total. The maximum absolute atomic E-state index is 12.9. The first kappa shape index (κ1) is 18.2. The van der Waals surface area contributed by atoms with Crippen LogP contribution in [0, 0.1) is 6.92 Å². The molecule has 144 valence electrons. The second-order valence-electron chi connectivity index (χ2n) is 7.20. The van der Waals surface area contributed by atoms with Crippen LogP contribution in [0.5, 0.6) is 0 Å². The summed E-state index contributed by atoms with van der Waals surface area (Å²) in [5.41, 5.74) is 3.66. The van der Waals surface area contributed by atoms with Gasteiger partial charge in [0.15, 0.2) is 0 Å². The van der Waals surface area contributed by atoms with E-state index in [2.05, 4.69) is 25.3 Å². The number of aryl methyl sites for hydroxylation is 2. The van der Waals surface area contributed by atoms with Crippen molar-refractivity contribution < 1.29 is 4.79 Å². The zero-order chi connectivity index (χ0) is 19.5. The van der Waals surface area contributed by atoms with E-state index in [-0.39, 0.29) is 11.9 Å². The first-order valence-electron chi connectivity index (χ1n) is 9.52. The summed E-state index contributed by atoms with van der Waals surface area (Å²) in [5.74, 6) is 0.810. The molecule has 1 amide bonds. The van der Waals surface area contributed by atoms with E-state index >= 15 is 0 Å². The van der Waals surface area contributed by atoms with E-state index in [0.29, 0.717) is 5.56 Å². The largest absolute Gasteiger partial charge is 0.353 e. The van der Waals surface area contributed by atoms with Crippen LogP contribution in [0.3, 0.4) is 0 Å². The molecule has 3 heterocycles. The van der Waals surface area contributed by atoms with Crippen LogP contribution in [0.2, 0.25) is 0 Å². The Hall–Kier alpha value is -3.22. The van der Waals surface area contributed by atoms with Gasteiger partial charge in [-0.3, -0.25) is 14.5 Å². The maximum atomic E-state index is 12.9. The van der Waals surface area contributed by atoms with Crippen molar-refractivity contribution in [1.29, 1.82) is 0 Å². The lowest BCUT2D eigenvalue weighted by atomic mass is 10.0. The van der Waals surface area contributed by atoms with Crippen LogP contribution >= 0.6 is 0 Å². The highest BCUT2D eigenvalue weighted by Crippen LogP contribution is 2.23. The zero-order valence-electron chi connectivity index (χ0n) is 16.2. The van der Waals surface area contributed by atoms with Crippen molar-refractivity contribution in [2.24, 2.45) is 7.05 Å². The van der Waals surface area contributed by atoms with E-state index in [1.807, 2.05) is 44.4 Å². The van der Waals surface area contributed by atoms with Crippen LogP contribution in [0.15, 0.2) is 49.1 Å². The molecule has 0 aliphatic carbocycles. The summed E-state index contributed by atoms with van der Waals surface area (Å²) in [7, 11) is 1.90. The highest BCUT2D eigenvalue weighted by Gasteiger charge is 2.23. The van der Waals surface area contributed by atoms with Gasteiger partial charge in [-0.15, -0.1) is 0 Å². The molecule has 1 fully saturated rings. The second-order valence-corrected chi connectivity index (χ2v) is 7.20. The van der Waals surface area contributed by atoms with E-state index < -0.39 is 0 Å². The Morgan fingerprint density at radius 1 is 1.29 bits per heavy atom. The number of benzene rings is 1. The number of rotatable bonds is 4. The fourth-order valence-electron chi connectivity index (χ4n) is 3.74. The monoisotopic (exact) mass is 376 g/mol. The first-order chi connectivity index (χ1) is 13.6. The summed E-state index contributed by atoms with van der Waals surface area (Å²) in [6.07, 6.45) is 9.09. The number of hydrogen-bond donors (Lipinski definition) is 1. The zero-order valence-corrected chi connectivity index (χ0v) is 16.2. The fourth-order valence-corrected chi connectivity index (χ4v) is 3.74. The van der Waals surface area contributed by atoms with Gasteiger partial charge in [0, 0.05) is 55.9 Å². The number of piperidine rings is 1. The summed E-state index contributed by atoms with van der Waals surface area (Å²) >= 11 is 0. The number of carbonyl (C=O) groups is 1. The molecule has 28 heavy (non-hydrogen) atoms. The topological polar surface area (TPSA) is 75.9 Å². The average molecular weight is 376 g/mol. The lowest BCUT2D eigenvalue weighted by Crippen LogP contribution is -2.48. The molecule has 3 aromatic rings. The van der Waals surface area contributed by atoms with E-state index in [0.717, 1.165) is 48.6 Å². The minimum Gasteiger partial charge on any atom is -0.353 e. The summed E-state index contributed by atoms with van der Waals surface area (Å²) in [4.78, 5) is 23.5. The van der Waals surface area contributed by atoms with Crippen molar-refractivity contribution in [2.45, 2.75) is 25.8 Å². The molecule has 2 aromatic heterocycles. The Morgan fingerprint density at radius 2 is 2.18 bits per heavy atom. The molecular weight excluding hydrogens is 352 g/mol. The second kappa shape index (κ2) is 7.80. The van der Waals surface area contributed by atoms with Crippen molar-refractivity contribution in [2.75, 3.05) is 18.0 Å². The van der Waals surface area contributed by atoms with Gasteiger partial charge in [0.1, 0.15) is 5.82 Å². The van der Waals surface area contributed by atoms with E-state index in [1.165, 1.54) is 0 Å². The lowest BCUT2D eigenvalue weighted by Gasteiger charge is -2.33. The number of nitrogens with one attached hydrogen (secondary N) is 1. The number of carbonyl (C=O) groups excluding carboxylic acids is 1. The summed E-state index contributed by atoms with van der Waals surface area (Å²) in [5, 5.41) is 7.58. The van der Waals surface area contributed by atoms with Crippen LogP contribution < -0.4 is 10.2 Å². The molecule has 0 unspecified atom stereocenters. The predicted octanol–water partition coefficient (Wildman–Crippen LogP) is 2.58. The highest BCUT2D eigenvalue weighted by atomic mass is 16.1. The molecule has 1 aromatic carbocycles. The molecule has 1 aliphatic rings. The van der Waals surface area contributed by atoms with Crippen molar-refractivity contribution in [3.63, 3.8) is 0 Å². The molecule has 1 saturated heterocycles. The van der Waals surface area contributed by atoms with Crippen LogP contribution in [0.25, 0.3) is 11.1 Å². The van der Waals surface area contributed by atoms with Crippen molar-refractivity contribution in [3.8, 4) is 11.1 Å². The third-order valence-corrected chi connectivity index (χ3v) is 5.08. The SMILES string of the molecule is Cc1nn(C)cc1-c1cccc(C(=O)N[C@H]2CCCN(c3cnccn3)C2)c1. The standard InChI is InChI=1S/C21H24N6O/c1-15-19(14-26(2)25-15)16-5-3-6-17(11-16)21(28)24-18-7-4-10-27(13-18)20-12-22-8-9-23-20/h3,5-6,8-9,11-12,14,18H,4,7,10,13H2,1-2H3,(H,24,28)/t18-/m0/s1. The molecule has 7 nitrogen and oxygen atoms in total. The molecular formula is C21H24N6O. The summed E-state index contributed by atoms with van der Waals surface area (Å²) in [6.45, 7) is 3.65. The molecule has 0 spiro atoms. The number of hydrogen-bond acceptors (Lipinski definition) is 5. The van der Waals surface area contributed by atoms with Gasteiger partial charge < -0.3 is 10.2 Å². The Bertz CT molecular complexity index is 968. The Kier molecular flexibility index (Phi) is 5.06. The van der Waals surface area contributed by atoms with E-state index in [1.54, 1.807) is 23.3 Å². The highest BCUT2D eigenvalue weighted by molar-refractivity contribution is 5.95. The van der Waals surface area contributed by atoms with Crippen LogP contribution in [0.1, 0.15) is 28.9 Å². The average Bonchev–Trinajstić information content (AvgIpc) is 3.07. The molecule has 0 saturated carbocycles. The van der Waals surface area contributed by atoms with Gasteiger partial charge in [-0.25, -0.2) is 4.98 Å². The molecule has 1 aliphatic heterocycles. The van der Waals surface area contributed by atoms with Crippen LogP contribution in [0.4, 0.5) is 5.82 Å². The number of nitrogens with zero attached hydrogens (tertiary/aromatic N) is 5. The molecule has 7 heteroatoms. The summed E-state index contributed by atoms with van der Waals surface area (Å²) < 4.78 is 1.79. The number of aromatic nitrogens is 4. The maximum Gasteiger partial charge on any atom is 0.251 e. The smallest absolute Gasteiger partial charge is 0.251 e. The van der Waals surface area contributed by atoms with Gasteiger partial charge in [-0.05, 0) is 37.5 Å². The van der Waals surface area contributed by atoms with Gasteiger partial charge in [-0.1, -0.05) is 12.1 Å². The Morgan fingerprint density at radius 3 is 2.93 bits per heavy atom. The molecule has 4 rings (SSSR count). The molecule has 0 radical (unpaired) electrons. The number of anilines is 1. The van der Waals surface area contributed by atoms with Gasteiger partial charge in [0.25, 0.3) is 5.91 Å². The van der Waals surface area contributed by atoms with Gasteiger partial charge in [-0.2, -0.15) is 5.10 Å². The fraction of sp³-hybridized carbons (Fsp3) is 0.333.